The molecule has 0 spiro atoms. The summed E-state index contributed by atoms with van der Waals surface area (Å²) >= 11 is 0. The summed E-state index contributed by atoms with van der Waals surface area (Å²) < 4.78 is 0. The minimum Gasteiger partial charge on any atom is -0.336 e. The fraction of sp³-hybridized carbons (Fsp3) is 0.571. The van der Waals surface area contributed by atoms with Crippen LogP contribution in [0.15, 0.2) is 12.3 Å². The smallest absolute Gasteiger partial charge is 0.211 e. The fourth-order valence-corrected chi connectivity index (χ4v) is 0.337. The van der Waals surface area contributed by atoms with E-state index in [1.54, 1.807) is 6.20 Å². The van der Waals surface area contributed by atoms with E-state index in [0.717, 1.165) is 0 Å². The molecule has 9 heavy (non-hydrogen) atoms. The standard InChI is InChI=1S/C7H13NO/c1-7(2,3)4-5-8-6-9/h4-6H,1-3H3,(H,8,9). The van der Waals surface area contributed by atoms with Crippen LogP contribution in [0.4, 0.5) is 0 Å². The Balaban J connectivity index is 3.57. The molecular weight excluding hydrogens is 114 g/mol. The van der Waals surface area contributed by atoms with Crippen molar-refractivity contribution in [3.63, 3.8) is 0 Å². The Morgan fingerprint density at radius 1 is 1.33 bits per heavy atom. The van der Waals surface area contributed by atoms with E-state index in [-0.39, 0.29) is 5.41 Å². The van der Waals surface area contributed by atoms with Crippen molar-refractivity contribution in [2.45, 2.75) is 20.8 Å². The Kier molecular flexibility index (Phi) is 2.99. The monoisotopic (exact) mass is 127 g/mol. The van der Waals surface area contributed by atoms with Crippen molar-refractivity contribution >= 4 is 6.41 Å². The molecule has 0 aromatic carbocycles. The summed E-state index contributed by atoms with van der Waals surface area (Å²) in [5, 5.41) is 2.44. The average molecular weight is 127 g/mol. The topological polar surface area (TPSA) is 29.1 Å². The molecule has 1 N–H and O–H groups in total. The summed E-state index contributed by atoms with van der Waals surface area (Å²) in [5.74, 6) is 0. The zero-order chi connectivity index (χ0) is 7.33. The summed E-state index contributed by atoms with van der Waals surface area (Å²) in [6.07, 6.45) is 4.23. The average Bonchev–Trinajstić information content (AvgIpc) is 1.63. The molecule has 2 nitrogen and oxygen atoms in total. The van der Waals surface area contributed by atoms with Crippen LogP contribution in [0.2, 0.25) is 0 Å². The second-order valence-electron chi connectivity index (χ2n) is 2.98. The third kappa shape index (κ3) is 7.21. The molecule has 0 unspecified atom stereocenters. The third-order valence-corrected chi connectivity index (χ3v) is 0.748. The Bertz CT molecular complexity index is 111. The predicted molar refractivity (Wildman–Crippen MR) is 37.8 cm³/mol. The van der Waals surface area contributed by atoms with E-state index >= 15 is 0 Å². The highest BCUT2D eigenvalue weighted by molar-refractivity contribution is 5.47. The number of rotatable bonds is 2. The molecule has 0 radical (unpaired) electrons. The molecule has 52 valence electrons. The summed E-state index contributed by atoms with van der Waals surface area (Å²) in [6, 6.07) is 0. The molecule has 0 atom stereocenters. The van der Waals surface area contributed by atoms with E-state index in [1.807, 2.05) is 6.08 Å². The first-order chi connectivity index (χ1) is 4.06. The van der Waals surface area contributed by atoms with Crippen LogP contribution in [0.25, 0.3) is 0 Å². The molecule has 2 heteroatoms. The van der Waals surface area contributed by atoms with Crippen molar-refractivity contribution in [1.82, 2.24) is 5.32 Å². The maximum atomic E-state index is 9.73. The van der Waals surface area contributed by atoms with Gasteiger partial charge in [-0.3, -0.25) is 4.79 Å². The lowest BCUT2D eigenvalue weighted by atomic mass is 9.97. The zero-order valence-electron chi connectivity index (χ0n) is 6.14. The van der Waals surface area contributed by atoms with Gasteiger partial charge < -0.3 is 5.32 Å². The van der Waals surface area contributed by atoms with Crippen LogP contribution in [-0.4, -0.2) is 6.41 Å². The number of carbonyl (C=O) groups excluding carboxylic acids is 1. The van der Waals surface area contributed by atoms with Gasteiger partial charge in [0.15, 0.2) is 0 Å². The van der Waals surface area contributed by atoms with Crippen LogP contribution < -0.4 is 5.32 Å². The van der Waals surface area contributed by atoms with Gasteiger partial charge in [0, 0.05) is 0 Å². The van der Waals surface area contributed by atoms with E-state index in [1.165, 1.54) is 0 Å². The fourth-order valence-electron chi connectivity index (χ4n) is 0.337. The van der Waals surface area contributed by atoms with Crippen molar-refractivity contribution in [2.24, 2.45) is 5.41 Å². The lowest BCUT2D eigenvalue weighted by Gasteiger charge is -2.09. The Hall–Kier alpha value is -0.790. The molecule has 0 aliphatic heterocycles. The predicted octanol–water partition coefficient (Wildman–Crippen LogP) is 1.29. The highest BCUT2D eigenvalue weighted by Gasteiger charge is 2.01. The minimum absolute atomic E-state index is 0.149. The first-order valence-corrected chi connectivity index (χ1v) is 2.94. The van der Waals surface area contributed by atoms with Crippen molar-refractivity contribution in [1.29, 1.82) is 0 Å². The second kappa shape index (κ2) is 3.28. The first kappa shape index (κ1) is 8.21. The molecule has 0 aromatic heterocycles. The SMILES string of the molecule is CC(C)(C)C=CNC=O. The number of amides is 1. The van der Waals surface area contributed by atoms with Gasteiger partial charge in [-0.25, -0.2) is 0 Å². The van der Waals surface area contributed by atoms with E-state index in [9.17, 15) is 4.79 Å². The Morgan fingerprint density at radius 2 is 1.89 bits per heavy atom. The van der Waals surface area contributed by atoms with E-state index in [2.05, 4.69) is 26.1 Å². The molecule has 0 rings (SSSR count). The molecule has 0 heterocycles. The van der Waals surface area contributed by atoms with Crippen LogP contribution in [-0.2, 0) is 4.79 Å². The maximum Gasteiger partial charge on any atom is 0.211 e. The second-order valence-corrected chi connectivity index (χ2v) is 2.98. The summed E-state index contributed by atoms with van der Waals surface area (Å²) in [4.78, 5) is 9.73. The number of hydrogen-bond acceptors (Lipinski definition) is 1. The summed E-state index contributed by atoms with van der Waals surface area (Å²) in [6.45, 7) is 6.20. The van der Waals surface area contributed by atoms with E-state index in [0.29, 0.717) is 6.41 Å². The van der Waals surface area contributed by atoms with E-state index in [4.69, 9.17) is 0 Å². The molecule has 0 bridgehead atoms. The van der Waals surface area contributed by atoms with Gasteiger partial charge in [0.25, 0.3) is 0 Å². The van der Waals surface area contributed by atoms with Crippen LogP contribution in [0.3, 0.4) is 0 Å². The van der Waals surface area contributed by atoms with Crippen molar-refractivity contribution in [3.8, 4) is 0 Å². The van der Waals surface area contributed by atoms with Gasteiger partial charge in [-0.1, -0.05) is 26.8 Å². The molecular formula is C7H13NO. The molecule has 0 saturated carbocycles. The Morgan fingerprint density at radius 3 is 2.22 bits per heavy atom. The van der Waals surface area contributed by atoms with Gasteiger partial charge in [-0.15, -0.1) is 0 Å². The van der Waals surface area contributed by atoms with Crippen molar-refractivity contribution in [3.05, 3.63) is 12.3 Å². The van der Waals surface area contributed by atoms with E-state index < -0.39 is 0 Å². The molecule has 0 fully saturated rings. The van der Waals surface area contributed by atoms with Gasteiger partial charge in [-0.05, 0) is 11.6 Å². The van der Waals surface area contributed by atoms with Crippen LogP contribution in [0, 0.1) is 5.41 Å². The first-order valence-electron chi connectivity index (χ1n) is 2.94. The number of carbonyl (C=O) groups is 1. The molecule has 0 saturated heterocycles. The third-order valence-electron chi connectivity index (χ3n) is 0.748. The summed E-state index contributed by atoms with van der Waals surface area (Å²) in [5.41, 5.74) is 0.149. The normalized spacial score (nSPS) is 11.9. The maximum absolute atomic E-state index is 9.73. The lowest BCUT2D eigenvalue weighted by Crippen LogP contribution is -2.04. The highest BCUT2D eigenvalue weighted by Crippen LogP contribution is 2.13. The van der Waals surface area contributed by atoms with Crippen LogP contribution >= 0.6 is 0 Å². The molecule has 1 amide bonds. The molecule has 0 aliphatic carbocycles. The largest absolute Gasteiger partial charge is 0.336 e. The van der Waals surface area contributed by atoms with Gasteiger partial charge >= 0.3 is 0 Å². The number of allylic oxidation sites excluding steroid dienone is 1. The van der Waals surface area contributed by atoms with Gasteiger partial charge in [-0.2, -0.15) is 0 Å². The van der Waals surface area contributed by atoms with Gasteiger partial charge in [0.1, 0.15) is 0 Å². The number of nitrogens with one attached hydrogen (secondary N) is 1. The molecule has 0 aromatic rings. The minimum atomic E-state index is 0.149. The van der Waals surface area contributed by atoms with Crippen LogP contribution in [0.5, 0.6) is 0 Å². The highest BCUT2D eigenvalue weighted by atomic mass is 16.1. The quantitative estimate of drug-likeness (QED) is 0.556. The molecule has 0 aliphatic rings. The van der Waals surface area contributed by atoms with Crippen LogP contribution in [0.1, 0.15) is 20.8 Å². The zero-order valence-corrected chi connectivity index (χ0v) is 6.14. The van der Waals surface area contributed by atoms with Crippen molar-refractivity contribution < 1.29 is 4.79 Å². The number of hydrogen-bond donors (Lipinski definition) is 1. The van der Waals surface area contributed by atoms with Crippen molar-refractivity contribution in [2.75, 3.05) is 0 Å². The lowest BCUT2D eigenvalue weighted by molar-refractivity contribution is -0.108. The summed E-state index contributed by atoms with van der Waals surface area (Å²) in [7, 11) is 0. The van der Waals surface area contributed by atoms with Gasteiger partial charge in [0.2, 0.25) is 6.41 Å². The van der Waals surface area contributed by atoms with Gasteiger partial charge in [0.05, 0.1) is 0 Å². The Labute approximate surface area is 56.0 Å².